The normalized spacial score (nSPS) is 21.3. The van der Waals surface area contributed by atoms with Crippen LogP contribution in [0.5, 0.6) is 0 Å². The van der Waals surface area contributed by atoms with Crippen LogP contribution in [0.1, 0.15) is 24.6 Å². The van der Waals surface area contributed by atoms with Gasteiger partial charge in [0.15, 0.2) is 0 Å². The molecule has 1 N–H and O–H groups in total. The van der Waals surface area contributed by atoms with E-state index in [1.54, 1.807) is 24.5 Å². The zero-order chi connectivity index (χ0) is 17.5. The lowest BCUT2D eigenvalue weighted by atomic mass is 9.93. The predicted octanol–water partition coefficient (Wildman–Crippen LogP) is 2.52. The second-order valence-electron chi connectivity index (χ2n) is 6.56. The van der Waals surface area contributed by atoms with E-state index < -0.39 is 0 Å². The van der Waals surface area contributed by atoms with Gasteiger partial charge in [-0.3, -0.25) is 19.7 Å². The SMILES string of the molecule is CC1CN(Cc2ccccn2)CCC1NC(=O)C=Cc1cccnc1. The van der Waals surface area contributed by atoms with Gasteiger partial charge in [-0.2, -0.15) is 0 Å². The molecule has 1 saturated heterocycles. The van der Waals surface area contributed by atoms with Gasteiger partial charge in [-0.25, -0.2) is 0 Å². The van der Waals surface area contributed by atoms with E-state index in [2.05, 4.69) is 33.2 Å². The Bertz CT molecular complexity index is 702. The maximum Gasteiger partial charge on any atom is 0.244 e. The Morgan fingerprint density at radius 2 is 2.24 bits per heavy atom. The summed E-state index contributed by atoms with van der Waals surface area (Å²) < 4.78 is 0. The lowest BCUT2D eigenvalue weighted by molar-refractivity contribution is -0.117. The average molecular weight is 336 g/mol. The number of rotatable bonds is 5. The van der Waals surface area contributed by atoms with Crippen LogP contribution in [0.4, 0.5) is 0 Å². The molecule has 1 aliphatic rings. The predicted molar refractivity (Wildman–Crippen MR) is 98.5 cm³/mol. The van der Waals surface area contributed by atoms with Gasteiger partial charge in [0.25, 0.3) is 0 Å². The average Bonchev–Trinajstić information content (AvgIpc) is 2.64. The van der Waals surface area contributed by atoms with E-state index in [9.17, 15) is 4.79 Å². The van der Waals surface area contributed by atoms with E-state index in [-0.39, 0.29) is 11.9 Å². The molecule has 5 heteroatoms. The second-order valence-corrected chi connectivity index (χ2v) is 6.56. The van der Waals surface area contributed by atoms with Crippen LogP contribution in [0, 0.1) is 5.92 Å². The number of nitrogens with zero attached hydrogens (tertiary/aromatic N) is 3. The van der Waals surface area contributed by atoms with E-state index in [4.69, 9.17) is 0 Å². The summed E-state index contributed by atoms with van der Waals surface area (Å²) in [7, 11) is 0. The maximum absolute atomic E-state index is 12.2. The highest BCUT2D eigenvalue weighted by atomic mass is 16.1. The van der Waals surface area contributed by atoms with Crippen LogP contribution in [0.25, 0.3) is 6.08 Å². The number of hydrogen-bond donors (Lipinski definition) is 1. The summed E-state index contributed by atoms with van der Waals surface area (Å²) in [6.07, 6.45) is 9.63. The van der Waals surface area contributed by atoms with E-state index >= 15 is 0 Å². The summed E-state index contributed by atoms with van der Waals surface area (Å²) in [4.78, 5) is 23.0. The third kappa shape index (κ3) is 5.22. The van der Waals surface area contributed by atoms with E-state index in [0.29, 0.717) is 5.92 Å². The zero-order valence-electron chi connectivity index (χ0n) is 14.5. The lowest BCUT2D eigenvalue weighted by Crippen LogP contribution is -2.49. The van der Waals surface area contributed by atoms with Crippen molar-refractivity contribution in [1.82, 2.24) is 20.2 Å². The summed E-state index contributed by atoms with van der Waals surface area (Å²) in [5.74, 6) is 0.368. The van der Waals surface area contributed by atoms with Gasteiger partial charge < -0.3 is 5.32 Å². The lowest BCUT2D eigenvalue weighted by Gasteiger charge is -2.37. The molecule has 2 atom stereocenters. The van der Waals surface area contributed by atoms with E-state index in [0.717, 1.165) is 37.3 Å². The number of pyridine rings is 2. The first kappa shape index (κ1) is 17.3. The van der Waals surface area contributed by atoms with Crippen LogP contribution in [-0.2, 0) is 11.3 Å². The minimum atomic E-state index is -0.0427. The van der Waals surface area contributed by atoms with Crippen molar-refractivity contribution >= 4 is 12.0 Å². The second kappa shape index (κ2) is 8.53. The van der Waals surface area contributed by atoms with Gasteiger partial charge in [0.2, 0.25) is 5.91 Å². The third-order valence-corrected chi connectivity index (χ3v) is 4.54. The number of piperidine rings is 1. The third-order valence-electron chi connectivity index (χ3n) is 4.54. The Hall–Kier alpha value is -2.53. The van der Waals surface area contributed by atoms with Crippen LogP contribution in [0.15, 0.2) is 55.0 Å². The van der Waals surface area contributed by atoms with Gasteiger partial charge >= 0.3 is 0 Å². The summed E-state index contributed by atoms with van der Waals surface area (Å²) in [5.41, 5.74) is 2.02. The van der Waals surface area contributed by atoms with Crippen LogP contribution in [0.3, 0.4) is 0 Å². The van der Waals surface area contributed by atoms with Gasteiger partial charge in [0.1, 0.15) is 0 Å². The van der Waals surface area contributed by atoms with E-state index in [1.165, 1.54) is 0 Å². The van der Waals surface area contributed by atoms with Crippen molar-refractivity contribution in [1.29, 1.82) is 0 Å². The number of hydrogen-bond acceptors (Lipinski definition) is 4. The number of nitrogens with one attached hydrogen (secondary N) is 1. The van der Waals surface area contributed by atoms with Crippen LogP contribution in [-0.4, -0.2) is 39.9 Å². The number of carbonyl (C=O) groups is 1. The molecule has 2 aromatic heterocycles. The Labute approximate surface area is 148 Å². The quantitative estimate of drug-likeness (QED) is 0.853. The molecule has 130 valence electrons. The van der Waals surface area contributed by atoms with Crippen molar-refractivity contribution in [2.45, 2.75) is 25.9 Å². The summed E-state index contributed by atoms with van der Waals surface area (Å²) >= 11 is 0. The first-order valence-electron chi connectivity index (χ1n) is 8.71. The van der Waals surface area contributed by atoms with Gasteiger partial charge in [-0.1, -0.05) is 19.1 Å². The first-order chi connectivity index (χ1) is 12.2. The highest BCUT2D eigenvalue weighted by Gasteiger charge is 2.26. The molecule has 0 saturated carbocycles. The molecule has 3 rings (SSSR count). The number of likely N-dealkylation sites (tertiary alicyclic amines) is 1. The Morgan fingerprint density at radius 1 is 1.32 bits per heavy atom. The monoisotopic (exact) mass is 336 g/mol. The zero-order valence-corrected chi connectivity index (χ0v) is 14.5. The van der Waals surface area contributed by atoms with Gasteiger partial charge in [0, 0.05) is 50.3 Å². The highest BCUT2D eigenvalue weighted by molar-refractivity contribution is 5.91. The molecule has 5 nitrogen and oxygen atoms in total. The highest BCUT2D eigenvalue weighted by Crippen LogP contribution is 2.18. The molecule has 0 aliphatic carbocycles. The summed E-state index contributed by atoms with van der Waals surface area (Å²) in [6.45, 7) is 5.00. The molecule has 2 aromatic rings. The Kier molecular flexibility index (Phi) is 5.90. The van der Waals surface area contributed by atoms with Crippen LogP contribution < -0.4 is 5.32 Å². The molecule has 0 spiro atoms. The summed E-state index contributed by atoms with van der Waals surface area (Å²) in [5, 5.41) is 3.13. The standard InChI is InChI=1S/C20H24N4O/c1-16-14-24(15-18-6-2-3-11-22-18)12-9-19(16)23-20(25)8-7-17-5-4-10-21-13-17/h2-8,10-11,13,16,19H,9,12,14-15H2,1H3,(H,23,25). The smallest absolute Gasteiger partial charge is 0.244 e. The molecular formula is C20H24N4O. The number of carbonyl (C=O) groups excluding carboxylic acids is 1. The maximum atomic E-state index is 12.2. The van der Waals surface area contributed by atoms with Gasteiger partial charge in [-0.05, 0) is 42.2 Å². The Morgan fingerprint density at radius 3 is 2.96 bits per heavy atom. The molecule has 0 radical (unpaired) electrons. The molecule has 3 heterocycles. The molecule has 0 bridgehead atoms. The molecule has 1 aliphatic heterocycles. The van der Waals surface area contributed by atoms with E-state index in [1.807, 2.05) is 30.5 Å². The van der Waals surface area contributed by atoms with Crippen molar-refractivity contribution in [2.75, 3.05) is 13.1 Å². The van der Waals surface area contributed by atoms with Crippen molar-refractivity contribution in [3.8, 4) is 0 Å². The summed E-state index contributed by atoms with van der Waals surface area (Å²) in [6, 6.07) is 10.0. The van der Waals surface area contributed by atoms with Gasteiger partial charge in [0.05, 0.1) is 5.69 Å². The number of aromatic nitrogens is 2. The van der Waals surface area contributed by atoms with Crippen molar-refractivity contribution in [2.24, 2.45) is 5.92 Å². The molecule has 1 amide bonds. The van der Waals surface area contributed by atoms with Gasteiger partial charge in [-0.15, -0.1) is 0 Å². The van der Waals surface area contributed by atoms with Crippen LogP contribution >= 0.6 is 0 Å². The number of amides is 1. The topological polar surface area (TPSA) is 58.1 Å². The minimum absolute atomic E-state index is 0.0427. The van der Waals surface area contributed by atoms with Crippen molar-refractivity contribution in [3.05, 3.63) is 66.3 Å². The fourth-order valence-corrected chi connectivity index (χ4v) is 3.19. The molecular weight excluding hydrogens is 312 g/mol. The largest absolute Gasteiger partial charge is 0.349 e. The fourth-order valence-electron chi connectivity index (χ4n) is 3.19. The Balaban J connectivity index is 1.48. The molecule has 1 fully saturated rings. The fraction of sp³-hybridized carbons (Fsp3) is 0.350. The molecule has 0 aromatic carbocycles. The molecule has 25 heavy (non-hydrogen) atoms. The minimum Gasteiger partial charge on any atom is -0.349 e. The van der Waals surface area contributed by atoms with Crippen molar-refractivity contribution in [3.63, 3.8) is 0 Å². The van der Waals surface area contributed by atoms with Crippen LogP contribution in [0.2, 0.25) is 0 Å². The van der Waals surface area contributed by atoms with Crippen molar-refractivity contribution < 1.29 is 4.79 Å². The molecule has 2 unspecified atom stereocenters. The first-order valence-corrected chi connectivity index (χ1v) is 8.71.